The van der Waals surface area contributed by atoms with Crippen LogP contribution >= 0.6 is 23.2 Å². The Balaban J connectivity index is 1.80. The zero-order chi connectivity index (χ0) is 27.2. The Labute approximate surface area is 229 Å². The van der Waals surface area contributed by atoms with E-state index in [0.717, 1.165) is 5.56 Å². The van der Waals surface area contributed by atoms with Gasteiger partial charge in [0.05, 0.1) is 36.6 Å². The summed E-state index contributed by atoms with van der Waals surface area (Å²) in [4.78, 5) is 25.8. The molecule has 1 heterocycles. The van der Waals surface area contributed by atoms with Crippen LogP contribution in [0.25, 0.3) is 16.9 Å². The predicted molar refractivity (Wildman–Crippen MR) is 144 cm³/mol. The minimum atomic E-state index is -0.736. The molecule has 0 aliphatic carbocycles. The van der Waals surface area contributed by atoms with Crippen LogP contribution in [0.5, 0.6) is 11.5 Å². The highest BCUT2D eigenvalue weighted by Gasteiger charge is 2.31. The van der Waals surface area contributed by atoms with Crippen molar-refractivity contribution in [3.63, 3.8) is 0 Å². The highest BCUT2D eigenvalue weighted by atomic mass is 35.5. The van der Waals surface area contributed by atoms with Crippen molar-refractivity contribution >= 4 is 35.1 Å². The third kappa shape index (κ3) is 5.61. The molecular weight excluding hydrogens is 531 g/mol. The average molecular weight is 555 g/mol. The lowest BCUT2D eigenvalue weighted by molar-refractivity contribution is 0.0549. The van der Waals surface area contributed by atoms with Gasteiger partial charge in [-0.25, -0.2) is 14.3 Å². The number of hydrogen-bond acceptors (Lipinski definition) is 7. The predicted octanol–water partition coefficient (Wildman–Crippen LogP) is 6.40. The molecule has 0 aliphatic rings. The monoisotopic (exact) mass is 554 g/mol. The van der Waals surface area contributed by atoms with Gasteiger partial charge in [-0.2, -0.15) is 5.10 Å². The maximum absolute atomic E-state index is 12.9. The summed E-state index contributed by atoms with van der Waals surface area (Å²) >= 11 is 12.1. The summed E-state index contributed by atoms with van der Waals surface area (Å²) in [6, 6.07) is 19.3. The summed E-state index contributed by atoms with van der Waals surface area (Å²) in [6.07, 6.45) is 0. The van der Waals surface area contributed by atoms with Crippen molar-refractivity contribution < 1.29 is 28.5 Å². The third-order valence-corrected chi connectivity index (χ3v) is 6.29. The minimum absolute atomic E-state index is 0.0323. The molecule has 0 N–H and O–H groups in total. The topological polar surface area (TPSA) is 88.9 Å². The second kappa shape index (κ2) is 12.0. The van der Waals surface area contributed by atoms with Crippen LogP contribution in [0, 0.1) is 0 Å². The van der Waals surface area contributed by atoms with E-state index < -0.39 is 11.9 Å². The molecule has 38 heavy (non-hydrogen) atoms. The first kappa shape index (κ1) is 27.0. The largest absolute Gasteiger partial charge is 0.490 e. The van der Waals surface area contributed by atoms with Crippen LogP contribution in [0.3, 0.4) is 0 Å². The number of carbonyl (C=O) groups excluding carboxylic acids is 2. The Morgan fingerprint density at radius 2 is 1.58 bits per heavy atom. The summed E-state index contributed by atoms with van der Waals surface area (Å²) in [7, 11) is 2.47. The molecule has 3 aromatic carbocycles. The van der Waals surface area contributed by atoms with Crippen LogP contribution in [-0.2, 0) is 16.1 Å². The van der Waals surface area contributed by atoms with Gasteiger partial charge < -0.3 is 18.9 Å². The Kier molecular flexibility index (Phi) is 8.55. The minimum Gasteiger partial charge on any atom is -0.490 e. The fourth-order valence-electron chi connectivity index (χ4n) is 3.79. The van der Waals surface area contributed by atoms with Gasteiger partial charge in [-0.3, -0.25) is 0 Å². The molecular formula is C28H24Cl2N2O6. The molecule has 0 fully saturated rings. The highest BCUT2D eigenvalue weighted by Crippen LogP contribution is 2.36. The summed E-state index contributed by atoms with van der Waals surface area (Å²) in [6.45, 7) is 2.43. The Morgan fingerprint density at radius 3 is 2.24 bits per heavy atom. The van der Waals surface area contributed by atoms with Crippen molar-refractivity contribution in [3.8, 4) is 28.4 Å². The number of ether oxygens (including phenoxy) is 4. The Hall–Kier alpha value is -4.01. The van der Waals surface area contributed by atoms with Crippen molar-refractivity contribution in [2.24, 2.45) is 0 Å². The molecule has 196 valence electrons. The van der Waals surface area contributed by atoms with Crippen LogP contribution in [0.15, 0.2) is 66.7 Å². The number of esters is 2. The quantitative estimate of drug-likeness (QED) is 0.221. The standard InChI is InChI=1S/C28H24Cl2N2O6/c1-4-37-23-15-18(11-13-22(23)38-16-17-10-12-20(29)21(30)14-17)25-24(27(33)35-2)26(28(34)36-3)32(31-25)19-8-6-5-7-9-19/h5-15H,4,16H2,1-3H3. The first-order chi connectivity index (χ1) is 18.4. The van der Waals surface area contributed by atoms with Gasteiger partial charge in [-0.05, 0) is 55.0 Å². The molecule has 0 spiro atoms. The smallest absolute Gasteiger partial charge is 0.357 e. The van der Waals surface area contributed by atoms with Gasteiger partial charge in [0.25, 0.3) is 0 Å². The SMILES string of the molecule is CCOc1cc(-c2nn(-c3ccccc3)c(C(=O)OC)c2C(=O)OC)ccc1OCc1ccc(Cl)c(Cl)c1. The van der Waals surface area contributed by atoms with Crippen molar-refractivity contribution in [2.75, 3.05) is 20.8 Å². The van der Waals surface area contributed by atoms with Gasteiger partial charge in [0.1, 0.15) is 17.9 Å². The number of benzene rings is 3. The number of para-hydroxylation sites is 1. The lowest BCUT2D eigenvalue weighted by atomic mass is 10.0. The Bertz CT molecular complexity index is 1470. The molecule has 4 rings (SSSR count). The number of halogens is 2. The van der Waals surface area contributed by atoms with Gasteiger partial charge in [-0.15, -0.1) is 0 Å². The number of rotatable bonds is 9. The molecule has 0 saturated carbocycles. The molecule has 0 atom stereocenters. The number of aromatic nitrogens is 2. The molecule has 0 radical (unpaired) electrons. The molecule has 0 unspecified atom stereocenters. The van der Waals surface area contributed by atoms with E-state index in [-0.39, 0.29) is 23.6 Å². The van der Waals surface area contributed by atoms with Gasteiger partial charge >= 0.3 is 11.9 Å². The fourth-order valence-corrected chi connectivity index (χ4v) is 4.11. The van der Waals surface area contributed by atoms with Gasteiger partial charge in [0.2, 0.25) is 0 Å². The third-order valence-electron chi connectivity index (χ3n) is 5.55. The summed E-state index contributed by atoms with van der Waals surface area (Å²) < 4.78 is 23.2. The maximum Gasteiger partial charge on any atom is 0.357 e. The van der Waals surface area contributed by atoms with Gasteiger partial charge in [0, 0.05) is 5.56 Å². The fraction of sp³-hybridized carbons (Fsp3) is 0.179. The highest BCUT2D eigenvalue weighted by molar-refractivity contribution is 6.42. The van der Waals surface area contributed by atoms with Crippen LogP contribution in [0.1, 0.15) is 33.3 Å². The number of methoxy groups -OCH3 is 2. The van der Waals surface area contributed by atoms with E-state index in [2.05, 4.69) is 5.10 Å². The van der Waals surface area contributed by atoms with Crippen molar-refractivity contribution in [3.05, 3.63) is 93.6 Å². The molecule has 1 aromatic heterocycles. The molecule has 0 aliphatic heterocycles. The van der Waals surface area contributed by atoms with E-state index in [0.29, 0.717) is 39.4 Å². The van der Waals surface area contributed by atoms with Crippen LogP contribution in [0.2, 0.25) is 10.0 Å². The zero-order valence-corrected chi connectivity index (χ0v) is 22.4. The molecule has 4 aromatic rings. The first-order valence-electron chi connectivity index (χ1n) is 11.6. The second-order valence-corrected chi connectivity index (χ2v) is 8.75. The molecule has 0 bridgehead atoms. The maximum atomic E-state index is 12.9. The van der Waals surface area contributed by atoms with E-state index in [1.165, 1.54) is 18.9 Å². The van der Waals surface area contributed by atoms with Crippen LogP contribution < -0.4 is 9.47 Å². The molecule has 8 nitrogen and oxygen atoms in total. The van der Waals surface area contributed by atoms with Gasteiger partial charge in [0.15, 0.2) is 17.2 Å². The van der Waals surface area contributed by atoms with Crippen molar-refractivity contribution in [1.29, 1.82) is 0 Å². The van der Waals surface area contributed by atoms with E-state index in [9.17, 15) is 9.59 Å². The van der Waals surface area contributed by atoms with Crippen LogP contribution in [0.4, 0.5) is 0 Å². The normalized spacial score (nSPS) is 10.7. The molecule has 0 amide bonds. The van der Waals surface area contributed by atoms with E-state index in [1.54, 1.807) is 54.6 Å². The molecule has 10 heteroatoms. The lowest BCUT2D eigenvalue weighted by Crippen LogP contribution is -2.15. The van der Waals surface area contributed by atoms with Crippen LogP contribution in [-0.4, -0.2) is 42.5 Å². The molecule has 0 saturated heterocycles. The number of hydrogen-bond donors (Lipinski definition) is 0. The second-order valence-electron chi connectivity index (χ2n) is 7.93. The number of nitrogens with zero attached hydrogens (tertiary/aromatic N) is 2. The average Bonchev–Trinajstić information content (AvgIpc) is 3.34. The Morgan fingerprint density at radius 1 is 0.842 bits per heavy atom. The zero-order valence-electron chi connectivity index (χ0n) is 20.9. The summed E-state index contributed by atoms with van der Waals surface area (Å²) in [5, 5.41) is 5.51. The van der Waals surface area contributed by atoms with E-state index in [4.69, 9.17) is 42.1 Å². The van der Waals surface area contributed by atoms with E-state index in [1.807, 2.05) is 19.1 Å². The number of carbonyl (C=O) groups is 2. The van der Waals surface area contributed by atoms with Gasteiger partial charge in [-0.1, -0.05) is 47.5 Å². The van der Waals surface area contributed by atoms with Crippen molar-refractivity contribution in [2.45, 2.75) is 13.5 Å². The first-order valence-corrected chi connectivity index (χ1v) is 12.3. The summed E-state index contributed by atoms with van der Waals surface area (Å²) in [5.41, 5.74) is 2.03. The lowest BCUT2D eigenvalue weighted by Gasteiger charge is -2.14. The van der Waals surface area contributed by atoms with Crippen molar-refractivity contribution in [1.82, 2.24) is 9.78 Å². The summed E-state index contributed by atoms with van der Waals surface area (Å²) in [5.74, 6) is -0.577. The van der Waals surface area contributed by atoms with E-state index >= 15 is 0 Å².